The van der Waals surface area contributed by atoms with Crippen molar-refractivity contribution in [2.45, 2.75) is 34.6 Å². The van der Waals surface area contributed by atoms with Gasteiger partial charge in [-0.05, 0) is 6.26 Å². The summed E-state index contributed by atoms with van der Waals surface area (Å²) in [4.78, 5) is 0. The molecule has 1 heterocycles. The zero-order valence-corrected chi connectivity index (χ0v) is 12.1. The molecule has 0 spiro atoms. The average molecular weight is 279 g/mol. The maximum atomic E-state index is 9.19. The van der Waals surface area contributed by atoms with Crippen LogP contribution in [0.4, 0.5) is 0 Å². The fourth-order valence-electron chi connectivity index (χ4n) is 1.13. The number of hydrogen-bond acceptors (Lipinski definition) is 7. The Morgan fingerprint density at radius 3 is 2.56 bits per heavy atom. The number of aliphatic hydroxyl groups is 1. The van der Waals surface area contributed by atoms with Gasteiger partial charge in [0.1, 0.15) is 0 Å². The maximum absolute atomic E-state index is 9.19. The number of rotatable bonds is 7. The molecule has 0 radical (unpaired) electrons. The van der Waals surface area contributed by atoms with Crippen LogP contribution in [0.15, 0.2) is 8.68 Å². The molecule has 0 aromatic carbocycles. The monoisotopic (exact) mass is 279 g/mol. The van der Waals surface area contributed by atoms with E-state index in [1.165, 1.54) is 0 Å². The minimum absolute atomic E-state index is 0.117. The maximum Gasteiger partial charge on any atom is 0.175 e. The standard InChI is InChI=1S/C9H17N3OS3/c1-6(2)10-7(4-13)5-15-9-12-11-8(14-3)16-9/h6-7,10,13H,4-5H2,1-3H3. The van der Waals surface area contributed by atoms with Gasteiger partial charge in [0.2, 0.25) is 0 Å². The molecule has 92 valence electrons. The lowest BCUT2D eigenvalue weighted by molar-refractivity contribution is 0.247. The molecular weight excluding hydrogens is 262 g/mol. The number of hydrogen-bond donors (Lipinski definition) is 2. The van der Waals surface area contributed by atoms with Gasteiger partial charge in [0.25, 0.3) is 0 Å². The van der Waals surface area contributed by atoms with Crippen molar-refractivity contribution in [1.29, 1.82) is 0 Å². The molecule has 0 fully saturated rings. The second-order valence-corrected chi connectivity index (χ2v) is 6.85. The van der Waals surface area contributed by atoms with Gasteiger partial charge in [-0.3, -0.25) is 0 Å². The summed E-state index contributed by atoms with van der Waals surface area (Å²) in [7, 11) is 0. The molecule has 0 aliphatic carbocycles. The molecule has 7 heteroatoms. The minimum Gasteiger partial charge on any atom is -0.395 e. The smallest absolute Gasteiger partial charge is 0.175 e. The molecule has 0 saturated carbocycles. The molecule has 16 heavy (non-hydrogen) atoms. The summed E-state index contributed by atoms with van der Waals surface area (Å²) in [5.74, 6) is 0.817. The third-order valence-electron chi connectivity index (χ3n) is 1.76. The van der Waals surface area contributed by atoms with Crippen molar-refractivity contribution in [2.75, 3.05) is 18.6 Å². The van der Waals surface area contributed by atoms with E-state index in [4.69, 9.17) is 0 Å². The van der Waals surface area contributed by atoms with Crippen LogP contribution in [0.2, 0.25) is 0 Å². The first-order valence-corrected chi connectivity index (χ1v) is 8.05. The Morgan fingerprint density at radius 2 is 2.06 bits per heavy atom. The Balaban J connectivity index is 2.36. The van der Waals surface area contributed by atoms with Crippen molar-refractivity contribution in [3.8, 4) is 0 Å². The van der Waals surface area contributed by atoms with Gasteiger partial charge >= 0.3 is 0 Å². The van der Waals surface area contributed by atoms with Crippen molar-refractivity contribution in [3.05, 3.63) is 0 Å². The first kappa shape index (κ1) is 14.2. The Labute approximate surface area is 109 Å². The Hall–Kier alpha value is 0.180. The SMILES string of the molecule is CSc1nnc(SCC(CO)NC(C)C)s1. The van der Waals surface area contributed by atoms with Crippen molar-refractivity contribution in [2.24, 2.45) is 0 Å². The highest BCUT2D eigenvalue weighted by molar-refractivity contribution is 8.03. The average Bonchev–Trinajstić information content (AvgIpc) is 2.71. The molecular formula is C9H17N3OS3. The second kappa shape index (κ2) is 7.50. The van der Waals surface area contributed by atoms with Crippen LogP contribution in [0.1, 0.15) is 13.8 Å². The van der Waals surface area contributed by atoms with E-state index in [9.17, 15) is 5.11 Å². The Kier molecular flexibility index (Phi) is 6.67. The van der Waals surface area contributed by atoms with Gasteiger partial charge in [-0.15, -0.1) is 10.2 Å². The fraction of sp³-hybridized carbons (Fsp3) is 0.778. The van der Waals surface area contributed by atoms with Crippen LogP contribution in [0.5, 0.6) is 0 Å². The van der Waals surface area contributed by atoms with E-state index in [0.29, 0.717) is 6.04 Å². The predicted octanol–water partition coefficient (Wildman–Crippen LogP) is 1.71. The molecule has 1 atom stereocenters. The van der Waals surface area contributed by atoms with Gasteiger partial charge in [0, 0.05) is 17.8 Å². The van der Waals surface area contributed by atoms with Gasteiger partial charge in [-0.1, -0.05) is 48.7 Å². The van der Waals surface area contributed by atoms with Crippen LogP contribution in [0.25, 0.3) is 0 Å². The molecule has 0 aliphatic heterocycles. The second-order valence-electron chi connectivity index (χ2n) is 3.55. The van der Waals surface area contributed by atoms with Gasteiger partial charge in [-0.25, -0.2) is 0 Å². The van der Waals surface area contributed by atoms with Gasteiger partial charge in [0.05, 0.1) is 6.61 Å². The van der Waals surface area contributed by atoms with E-state index in [2.05, 4.69) is 29.4 Å². The first-order chi connectivity index (χ1) is 7.65. The molecule has 0 amide bonds. The molecule has 1 aromatic rings. The van der Waals surface area contributed by atoms with E-state index >= 15 is 0 Å². The summed E-state index contributed by atoms with van der Waals surface area (Å²) in [5.41, 5.74) is 0. The Bertz CT molecular complexity index is 306. The summed E-state index contributed by atoms with van der Waals surface area (Å²) in [6.07, 6.45) is 1.99. The zero-order valence-electron chi connectivity index (χ0n) is 9.64. The summed E-state index contributed by atoms with van der Waals surface area (Å²) in [6, 6.07) is 0.501. The lowest BCUT2D eigenvalue weighted by Gasteiger charge is -2.17. The van der Waals surface area contributed by atoms with Gasteiger partial charge < -0.3 is 10.4 Å². The summed E-state index contributed by atoms with van der Waals surface area (Å²) < 4.78 is 1.95. The molecule has 4 nitrogen and oxygen atoms in total. The van der Waals surface area contributed by atoms with Crippen LogP contribution in [-0.2, 0) is 0 Å². The quantitative estimate of drug-likeness (QED) is 0.741. The summed E-state index contributed by atoms with van der Waals surface area (Å²) in [6.45, 7) is 4.30. The van der Waals surface area contributed by atoms with E-state index in [1.807, 2.05) is 6.26 Å². The third kappa shape index (κ3) is 5.01. The van der Waals surface area contributed by atoms with Crippen LogP contribution < -0.4 is 5.32 Å². The molecule has 2 N–H and O–H groups in total. The zero-order chi connectivity index (χ0) is 12.0. The van der Waals surface area contributed by atoms with E-state index in [-0.39, 0.29) is 12.6 Å². The van der Waals surface area contributed by atoms with Crippen molar-refractivity contribution < 1.29 is 5.11 Å². The molecule has 1 rings (SSSR count). The van der Waals surface area contributed by atoms with Crippen LogP contribution in [0.3, 0.4) is 0 Å². The van der Waals surface area contributed by atoms with E-state index < -0.39 is 0 Å². The fourth-order valence-corrected chi connectivity index (χ4v) is 3.62. The van der Waals surface area contributed by atoms with Gasteiger partial charge in [0.15, 0.2) is 8.68 Å². The highest BCUT2D eigenvalue weighted by Gasteiger charge is 2.11. The number of aromatic nitrogens is 2. The van der Waals surface area contributed by atoms with E-state index in [1.54, 1.807) is 34.9 Å². The normalized spacial score (nSPS) is 13.3. The highest BCUT2D eigenvalue weighted by Crippen LogP contribution is 2.27. The number of nitrogens with one attached hydrogen (secondary N) is 1. The molecule has 1 aromatic heterocycles. The Morgan fingerprint density at radius 1 is 1.38 bits per heavy atom. The van der Waals surface area contributed by atoms with E-state index in [0.717, 1.165) is 14.4 Å². The number of aliphatic hydroxyl groups excluding tert-OH is 1. The lowest BCUT2D eigenvalue weighted by atomic mass is 10.3. The number of nitrogens with zero attached hydrogens (tertiary/aromatic N) is 2. The van der Waals surface area contributed by atoms with Crippen molar-refractivity contribution >= 4 is 34.9 Å². The highest BCUT2D eigenvalue weighted by atomic mass is 32.2. The van der Waals surface area contributed by atoms with Crippen LogP contribution in [0, 0.1) is 0 Å². The third-order valence-corrected chi connectivity index (χ3v) is 4.95. The lowest BCUT2D eigenvalue weighted by Crippen LogP contribution is -2.39. The molecule has 1 unspecified atom stereocenters. The van der Waals surface area contributed by atoms with Crippen LogP contribution in [-0.4, -0.2) is 46.0 Å². The van der Waals surface area contributed by atoms with Crippen molar-refractivity contribution in [3.63, 3.8) is 0 Å². The minimum atomic E-state index is 0.117. The predicted molar refractivity (Wildman–Crippen MR) is 71.6 cm³/mol. The van der Waals surface area contributed by atoms with Gasteiger partial charge in [-0.2, -0.15) is 0 Å². The van der Waals surface area contributed by atoms with Crippen molar-refractivity contribution in [1.82, 2.24) is 15.5 Å². The largest absolute Gasteiger partial charge is 0.395 e. The summed E-state index contributed by atoms with van der Waals surface area (Å²) >= 11 is 4.85. The first-order valence-electron chi connectivity index (χ1n) is 5.03. The number of thioether (sulfide) groups is 2. The molecule has 0 saturated heterocycles. The molecule has 0 bridgehead atoms. The van der Waals surface area contributed by atoms with Crippen LogP contribution >= 0.6 is 34.9 Å². The topological polar surface area (TPSA) is 58.0 Å². The molecule has 0 aliphatic rings. The summed E-state index contributed by atoms with van der Waals surface area (Å²) in [5, 5.41) is 20.6.